The van der Waals surface area contributed by atoms with Crippen LogP contribution >= 0.6 is 0 Å². The number of nitrogens with two attached hydrogens (primary N) is 3. The second-order valence-electron chi connectivity index (χ2n) is 15.1. The van der Waals surface area contributed by atoms with Crippen LogP contribution in [0.2, 0.25) is 6.82 Å². The van der Waals surface area contributed by atoms with Gasteiger partial charge in [0, 0.05) is 0 Å². The normalized spacial score (nSPS) is 16.0. The van der Waals surface area contributed by atoms with Gasteiger partial charge < -0.3 is 0 Å². The number of aryl methyl sites for hydroxylation is 1. The standard InChI is InChI=1S/C28H39B2N3O.C6H12.C3H7B.3C2H6/c1-6-19-11-22-23(24(12-19)28(31,32)33)16-30(26(22)34)25-14-20(13-21(29-25)10-17(2)3)27(8-7-9-27)15-18(4)5;1-6(2)4-3-5-6;1-3-4-2;3*1-2/h11-14,17H,4,6-10,15-16,31-33H2,1-3,5H3;3-5H2,1-2H3;3H,1-2H3;3*1-2H3. The van der Waals surface area contributed by atoms with E-state index in [1.165, 1.54) is 55.1 Å². The molecule has 2 aromatic rings. The zero-order valence-corrected chi connectivity index (χ0v) is 35.1. The molecule has 0 unspecified atom stereocenters. The molecule has 278 valence electrons. The van der Waals surface area contributed by atoms with Crippen molar-refractivity contribution >= 4 is 37.6 Å². The smallest absolute Gasteiger partial charge is 0.0354 e. The van der Waals surface area contributed by atoms with E-state index >= 15 is 0 Å². The molecule has 0 radical (unpaired) electrons. The van der Waals surface area contributed by atoms with Crippen molar-refractivity contribution in [3.8, 4) is 0 Å². The van der Waals surface area contributed by atoms with Crippen LogP contribution in [0.4, 0.5) is 0 Å². The van der Waals surface area contributed by atoms with Gasteiger partial charge in [0.15, 0.2) is 0 Å². The molecule has 4 nitrogen and oxygen atoms in total. The molecule has 7 heteroatoms. The second kappa shape index (κ2) is 22.8. The maximum Gasteiger partial charge on any atom is -0.0354 e. The first-order valence-electron chi connectivity index (χ1n) is 20.0. The van der Waals surface area contributed by atoms with Crippen LogP contribution in [-0.2, 0) is 30.4 Å². The van der Waals surface area contributed by atoms with Crippen LogP contribution in [0, 0.1) is 11.3 Å². The van der Waals surface area contributed by atoms with E-state index in [1.54, 1.807) is 0 Å². The van der Waals surface area contributed by atoms with Crippen LogP contribution in [0.3, 0.4) is 0 Å². The number of rotatable bonds is 8. The van der Waals surface area contributed by atoms with Gasteiger partial charge >= 0.3 is 233 Å². The molecule has 1 aromatic carbocycles. The number of hydrogen-bond acceptors (Lipinski definition) is 4. The molecule has 0 bridgehead atoms. The minimum atomic E-state index is -1.47. The average Bonchev–Trinajstić information content (AvgIpc) is 3.39. The van der Waals surface area contributed by atoms with Gasteiger partial charge in [-0.05, 0) is 18.3 Å². The van der Waals surface area contributed by atoms with E-state index in [-0.39, 0.29) is 17.8 Å². The third-order valence-electron chi connectivity index (χ3n) is 9.84. The summed E-state index contributed by atoms with van der Waals surface area (Å²) >= 11 is 0. The molecule has 0 spiro atoms. The largest absolute Gasteiger partial charge is 0.0683 e. The molecule has 2 aliphatic carbocycles. The minimum Gasteiger partial charge on any atom is -0.0683 e. The van der Waals surface area contributed by atoms with Gasteiger partial charge in [0.2, 0.25) is 0 Å². The van der Waals surface area contributed by atoms with Crippen molar-refractivity contribution in [2.45, 2.75) is 172 Å². The van der Waals surface area contributed by atoms with Crippen LogP contribution in [0.15, 0.2) is 36.4 Å². The molecule has 2 saturated carbocycles. The number of carbonyl (C=O) groups is 1. The van der Waals surface area contributed by atoms with E-state index in [2.05, 4.69) is 67.2 Å². The molecular formula is C43H76B3N3O. The molecule has 50 heavy (non-hydrogen) atoms. The van der Waals surface area contributed by atoms with E-state index in [0.717, 1.165) is 46.7 Å². The molecule has 5 rings (SSSR count). The predicted molar refractivity (Wildman–Crippen MR) is 230 cm³/mol. The predicted octanol–water partition coefficient (Wildman–Crippen LogP) is 9.22. The zero-order chi connectivity index (χ0) is 38.9. The molecular weight excluding hydrogens is 607 g/mol. The number of benzene rings is 1. The maximum atomic E-state index is 13.8. The van der Waals surface area contributed by atoms with Gasteiger partial charge in [-0.3, -0.25) is 0 Å². The molecule has 1 aromatic heterocycles. The Labute approximate surface area is 311 Å². The third kappa shape index (κ3) is 13.8. The zero-order valence-electron chi connectivity index (χ0n) is 35.1. The first-order valence-corrected chi connectivity index (χ1v) is 20.0. The van der Waals surface area contributed by atoms with Gasteiger partial charge in [-0.2, -0.15) is 0 Å². The van der Waals surface area contributed by atoms with E-state index in [0.29, 0.717) is 17.8 Å². The van der Waals surface area contributed by atoms with Gasteiger partial charge in [-0.25, -0.2) is 0 Å². The molecule has 0 saturated heterocycles. The topological polar surface area (TPSA) is 95.1 Å². The van der Waals surface area contributed by atoms with Crippen molar-refractivity contribution in [1.82, 2.24) is 0 Å². The molecule has 2 heterocycles. The average molecular weight is 684 g/mol. The van der Waals surface area contributed by atoms with Gasteiger partial charge in [0.05, 0.1) is 0 Å². The van der Waals surface area contributed by atoms with Crippen molar-refractivity contribution < 1.29 is 4.79 Å². The van der Waals surface area contributed by atoms with Crippen molar-refractivity contribution in [1.29, 1.82) is 0 Å². The summed E-state index contributed by atoms with van der Waals surface area (Å²) < 4.78 is 0. The van der Waals surface area contributed by atoms with E-state index < -0.39 is 5.79 Å². The summed E-state index contributed by atoms with van der Waals surface area (Å²) in [5, 5.41) is 1.11. The van der Waals surface area contributed by atoms with E-state index in [4.69, 9.17) is 17.2 Å². The summed E-state index contributed by atoms with van der Waals surface area (Å²) in [5.74, 6) is 1.08. The van der Waals surface area contributed by atoms with Crippen LogP contribution in [0.1, 0.15) is 173 Å². The first kappa shape index (κ1) is 47.9. The van der Waals surface area contributed by atoms with Gasteiger partial charge in [-0.15, -0.1) is 0 Å². The summed E-state index contributed by atoms with van der Waals surface area (Å²) in [4.78, 5) is 13.8. The summed E-state index contributed by atoms with van der Waals surface area (Å²) in [6.45, 7) is 37.6. The molecule has 6 N–H and O–H groups in total. The third-order valence-corrected chi connectivity index (χ3v) is 9.84. The number of hydrogen-bond donors (Lipinski definition) is 3. The number of carbonyl (C=O) groups excluding carboxylic acids is 1. The molecule has 0 amide bonds. The summed E-state index contributed by atoms with van der Waals surface area (Å²) in [6, 6.07) is 8.69. The Morgan fingerprint density at radius 3 is 1.88 bits per heavy atom. The second-order valence-corrected chi connectivity index (χ2v) is 15.1. The fourth-order valence-corrected chi connectivity index (χ4v) is 6.96. The SMILES string of the molecule is C=C(C)CC1(c2cc(CC(C)C)bc(B3Cc4c(cc(CC)cc4C(N)(N)N)C3=O)c2)CCC1.CB=CC.CC.CC.CC.CC1(C)CCC1. The molecule has 0 atom stereocenters. The molecule has 2 fully saturated rings. The Morgan fingerprint density at radius 2 is 1.52 bits per heavy atom. The van der Waals surface area contributed by atoms with Crippen molar-refractivity contribution in [2.75, 3.05) is 0 Å². The van der Waals surface area contributed by atoms with Crippen molar-refractivity contribution in [3.63, 3.8) is 0 Å². The first-order chi connectivity index (χ1) is 23.6. The fourth-order valence-electron chi connectivity index (χ4n) is 6.96. The van der Waals surface area contributed by atoms with Crippen LogP contribution in [0.25, 0.3) is 0 Å². The Kier molecular flexibility index (Phi) is 21.8. The van der Waals surface area contributed by atoms with Gasteiger partial charge in [0.1, 0.15) is 0 Å². The Morgan fingerprint density at radius 1 is 1.00 bits per heavy atom. The molecule has 3 aliphatic rings. The van der Waals surface area contributed by atoms with Crippen LogP contribution in [0.5, 0.6) is 0 Å². The van der Waals surface area contributed by atoms with Crippen molar-refractivity contribution in [2.24, 2.45) is 28.5 Å². The Bertz CT molecular complexity index is 1340. The summed E-state index contributed by atoms with van der Waals surface area (Å²) in [5.41, 5.74) is 26.8. The maximum absolute atomic E-state index is 13.8. The monoisotopic (exact) mass is 684 g/mol. The van der Waals surface area contributed by atoms with Crippen LogP contribution < -0.4 is 22.6 Å². The van der Waals surface area contributed by atoms with E-state index in [9.17, 15) is 4.79 Å². The van der Waals surface area contributed by atoms with E-state index in [1.807, 2.05) is 80.3 Å². The quantitative estimate of drug-likeness (QED) is 0.147. The fraction of sp³-hybridized carbons (Fsp3) is 0.651. The molecule has 1 aliphatic heterocycles. The van der Waals surface area contributed by atoms with Gasteiger partial charge in [0.25, 0.3) is 0 Å². The Hall–Kier alpha value is -2.08. The minimum absolute atomic E-state index is 0.156. The van der Waals surface area contributed by atoms with Crippen molar-refractivity contribution in [3.05, 3.63) is 69.7 Å². The number of fused-ring (bicyclic) bond motifs is 1. The van der Waals surface area contributed by atoms with Gasteiger partial charge in [-0.1, -0.05) is 61.8 Å². The summed E-state index contributed by atoms with van der Waals surface area (Å²) in [6.07, 6.45) is 11.4. The summed E-state index contributed by atoms with van der Waals surface area (Å²) in [7, 11) is 0. The van der Waals surface area contributed by atoms with Crippen LogP contribution in [-0.4, -0.2) is 32.2 Å². The number of allylic oxidation sites excluding steroid dienone is 1. The Balaban J connectivity index is 0.00000126.